The molecule has 0 radical (unpaired) electrons. The number of rotatable bonds is 5. The molecule has 2 aromatic heterocycles. The van der Waals surface area contributed by atoms with E-state index in [0.29, 0.717) is 11.6 Å². The number of hydrogen-bond acceptors (Lipinski definition) is 3. The van der Waals surface area contributed by atoms with Crippen molar-refractivity contribution in [1.82, 2.24) is 9.97 Å². The van der Waals surface area contributed by atoms with Gasteiger partial charge < -0.3 is 4.74 Å². The smallest absolute Gasteiger partial charge is 0.306 e. The SMILES string of the molecule is FC(F)(I)OCc1cc(-c2ccc(C3CC3)nc2)ccn1. The van der Waals surface area contributed by atoms with E-state index < -0.39 is 4.12 Å². The fraction of sp³-hybridized carbons (Fsp3) is 0.333. The lowest BCUT2D eigenvalue weighted by molar-refractivity contribution is -0.154. The minimum Gasteiger partial charge on any atom is -0.306 e. The van der Waals surface area contributed by atoms with Crippen LogP contribution >= 0.6 is 22.6 Å². The summed E-state index contributed by atoms with van der Waals surface area (Å²) >= 11 is 0.946. The van der Waals surface area contributed by atoms with E-state index in [9.17, 15) is 8.78 Å². The zero-order valence-electron chi connectivity index (χ0n) is 11.1. The molecule has 0 aliphatic heterocycles. The lowest BCUT2D eigenvalue weighted by atomic mass is 10.1. The average molecular weight is 402 g/mol. The molecule has 1 saturated carbocycles. The first-order valence-corrected chi connectivity index (χ1v) is 7.71. The Morgan fingerprint density at radius 3 is 2.62 bits per heavy atom. The molecule has 0 spiro atoms. The molecule has 21 heavy (non-hydrogen) atoms. The van der Waals surface area contributed by atoms with Gasteiger partial charge in [0.1, 0.15) is 0 Å². The third-order valence-electron chi connectivity index (χ3n) is 3.32. The predicted molar refractivity (Wildman–Crippen MR) is 83.2 cm³/mol. The van der Waals surface area contributed by atoms with E-state index in [-0.39, 0.29) is 6.61 Å². The maximum Gasteiger partial charge on any atom is 0.408 e. The molecule has 0 atom stereocenters. The highest BCUT2D eigenvalue weighted by molar-refractivity contribution is 14.1. The highest BCUT2D eigenvalue weighted by Crippen LogP contribution is 2.39. The summed E-state index contributed by atoms with van der Waals surface area (Å²) in [4.78, 5) is 8.50. The van der Waals surface area contributed by atoms with E-state index >= 15 is 0 Å². The number of aromatic nitrogens is 2. The number of alkyl halides is 3. The van der Waals surface area contributed by atoms with E-state index in [1.807, 2.05) is 24.4 Å². The lowest BCUT2D eigenvalue weighted by Crippen LogP contribution is -2.11. The second kappa shape index (κ2) is 5.92. The van der Waals surface area contributed by atoms with Crippen LogP contribution in [0.5, 0.6) is 0 Å². The van der Waals surface area contributed by atoms with E-state index in [1.54, 1.807) is 12.3 Å². The standard InChI is InChI=1S/C15H13F2IN2O/c16-15(17,18)21-9-13-7-11(5-6-19-13)12-3-4-14(20-8-12)10-1-2-10/h3-8,10H,1-2,9H2. The summed E-state index contributed by atoms with van der Waals surface area (Å²) in [6.45, 7) is -0.225. The van der Waals surface area contributed by atoms with Crippen LogP contribution in [0.1, 0.15) is 30.1 Å². The Kier molecular flexibility index (Phi) is 4.17. The number of hydrogen-bond donors (Lipinski definition) is 0. The molecule has 0 amide bonds. The fourth-order valence-corrected chi connectivity index (χ4v) is 2.24. The second-order valence-electron chi connectivity index (χ2n) is 5.02. The average Bonchev–Trinajstić information content (AvgIpc) is 3.30. The third kappa shape index (κ3) is 4.16. The largest absolute Gasteiger partial charge is 0.408 e. The molecular formula is C15H13F2IN2O. The topological polar surface area (TPSA) is 35.0 Å². The van der Waals surface area contributed by atoms with Crippen LogP contribution in [0.15, 0.2) is 36.7 Å². The summed E-state index contributed by atoms with van der Waals surface area (Å²) in [6, 6.07) is 7.62. The van der Waals surface area contributed by atoms with Crippen LogP contribution in [0.3, 0.4) is 0 Å². The first kappa shape index (κ1) is 14.8. The van der Waals surface area contributed by atoms with Crippen LogP contribution in [0.25, 0.3) is 11.1 Å². The van der Waals surface area contributed by atoms with Crippen LogP contribution < -0.4 is 0 Å². The third-order valence-corrected chi connectivity index (χ3v) is 3.63. The number of pyridine rings is 2. The molecule has 0 unspecified atom stereocenters. The van der Waals surface area contributed by atoms with Gasteiger partial charge in [-0.1, -0.05) is 6.07 Å². The van der Waals surface area contributed by atoms with E-state index in [4.69, 9.17) is 0 Å². The molecule has 1 aliphatic carbocycles. The van der Waals surface area contributed by atoms with Crippen LogP contribution in [0.4, 0.5) is 8.78 Å². The Bertz CT molecular complexity index is 624. The van der Waals surface area contributed by atoms with Gasteiger partial charge >= 0.3 is 4.12 Å². The molecule has 0 N–H and O–H groups in total. The molecule has 2 heterocycles. The van der Waals surface area contributed by atoms with Gasteiger partial charge in [-0.3, -0.25) is 9.97 Å². The van der Waals surface area contributed by atoms with Crippen LogP contribution in [0, 0.1) is 0 Å². The van der Waals surface area contributed by atoms with Gasteiger partial charge in [-0.15, -0.1) is 0 Å². The Labute approximate surface area is 134 Å². The van der Waals surface area contributed by atoms with E-state index in [2.05, 4.69) is 14.7 Å². The van der Waals surface area contributed by atoms with Crippen molar-refractivity contribution in [3.63, 3.8) is 0 Å². The van der Waals surface area contributed by atoms with Gasteiger partial charge in [0.05, 0.1) is 12.3 Å². The van der Waals surface area contributed by atoms with Crippen LogP contribution in [-0.4, -0.2) is 14.1 Å². The van der Waals surface area contributed by atoms with E-state index in [0.717, 1.165) is 39.4 Å². The van der Waals surface area contributed by atoms with Gasteiger partial charge in [-0.2, -0.15) is 8.78 Å². The first-order chi connectivity index (χ1) is 10.0. The zero-order chi connectivity index (χ0) is 14.9. The van der Waals surface area contributed by atoms with Crippen LogP contribution in [0.2, 0.25) is 0 Å². The van der Waals surface area contributed by atoms with Gasteiger partial charge in [0.25, 0.3) is 0 Å². The number of ether oxygens (including phenoxy) is 1. The number of halogens is 3. The maximum atomic E-state index is 12.7. The van der Waals surface area contributed by atoms with Crippen molar-refractivity contribution in [3.8, 4) is 11.1 Å². The van der Waals surface area contributed by atoms with Crippen molar-refractivity contribution in [3.05, 3.63) is 48.0 Å². The summed E-state index contributed by atoms with van der Waals surface area (Å²) in [7, 11) is 0. The Hall–Kier alpha value is -1.15. The quantitative estimate of drug-likeness (QED) is 0.545. The monoisotopic (exact) mass is 402 g/mol. The molecule has 3 rings (SSSR count). The van der Waals surface area contributed by atoms with Gasteiger partial charge in [0.15, 0.2) is 0 Å². The van der Waals surface area contributed by atoms with Crippen molar-refractivity contribution in [2.24, 2.45) is 0 Å². The predicted octanol–water partition coefficient (Wildman–Crippen LogP) is 4.52. The molecular weight excluding hydrogens is 389 g/mol. The summed E-state index contributed by atoms with van der Waals surface area (Å²) in [5.41, 5.74) is 3.44. The summed E-state index contributed by atoms with van der Waals surface area (Å²) < 4.78 is 26.6. The van der Waals surface area contributed by atoms with Crippen molar-refractivity contribution < 1.29 is 13.5 Å². The fourth-order valence-electron chi connectivity index (χ4n) is 2.09. The van der Waals surface area contributed by atoms with Crippen LogP contribution in [-0.2, 0) is 11.3 Å². The zero-order valence-corrected chi connectivity index (χ0v) is 13.3. The summed E-state index contributed by atoms with van der Waals surface area (Å²) in [5.74, 6) is 0.617. The number of nitrogens with zero attached hydrogens (tertiary/aromatic N) is 2. The summed E-state index contributed by atoms with van der Waals surface area (Å²) in [6.07, 6.45) is 5.84. The van der Waals surface area contributed by atoms with Crippen molar-refractivity contribution in [2.45, 2.75) is 29.5 Å². The lowest BCUT2D eigenvalue weighted by Gasteiger charge is -2.10. The molecule has 1 aliphatic rings. The highest BCUT2D eigenvalue weighted by Gasteiger charge is 2.25. The van der Waals surface area contributed by atoms with E-state index in [1.165, 1.54) is 12.8 Å². The van der Waals surface area contributed by atoms with Crippen molar-refractivity contribution >= 4 is 22.6 Å². The highest BCUT2D eigenvalue weighted by atomic mass is 127. The molecule has 0 aromatic carbocycles. The minimum absolute atomic E-state index is 0.225. The Morgan fingerprint density at radius 1 is 1.19 bits per heavy atom. The Morgan fingerprint density at radius 2 is 2.00 bits per heavy atom. The van der Waals surface area contributed by atoms with Gasteiger partial charge in [0, 0.05) is 52.2 Å². The van der Waals surface area contributed by atoms with Gasteiger partial charge in [0.2, 0.25) is 0 Å². The molecule has 0 bridgehead atoms. The normalized spacial score (nSPS) is 15.2. The molecule has 0 saturated heterocycles. The van der Waals surface area contributed by atoms with Gasteiger partial charge in [-0.05, 0) is 36.6 Å². The Balaban J connectivity index is 1.75. The second-order valence-corrected chi connectivity index (χ2v) is 6.27. The molecule has 110 valence electrons. The molecule has 2 aromatic rings. The maximum absolute atomic E-state index is 12.7. The van der Waals surface area contributed by atoms with Gasteiger partial charge in [-0.25, -0.2) is 0 Å². The molecule has 1 fully saturated rings. The molecule has 3 nitrogen and oxygen atoms in total. The first-order valence-electron chi connectivity index (χ1n) is 6.63. The van der Waals surface area contributed by atoms with Crippen molar-refractivity contribution in [1.29, 1.82) is 0 Å². The minimum atomic E-state index is -3.18. The molecule has 6 heteroatoms. The van der Waals surface area contributed by atoms with Crippen molar-refractivity contribution in [2.75, 3.05) is 0 Å². The summed E-state index contributed by atoms with van der Waals surface area (Å²) in [5, 5.41) is 0.